The van der Waals surface area contributed by atoms with Crippen molar-refractivity contribution < 1.29 is 14.7 Å². The van der Waals surface area contributed by atoms with E-state index in [4.69, 9.17) is 0 Å². The molecule has 1 aliphatic heterocycles. The maximum absolute atomic E-state index is 12.3. The molecule has 6 nitrogen and oxygen atoms in total. The number of aliphatic carboxylic acids is 1. The maximum Gasteiger partial charge on any atom is 0.329 e. The van der Waals surface area contributed by atoms with Gasteiger partial charge in [0.05, 0.1) is 0 Å². The number of carbonyl (C=O) groups is 2. The molecule has 1 unspecified atom stereocenters. The molecule has 1 atom stereocenters. The number of nitrogens with zero attached hydrogens (tertiary/aromatic N) is 2. The van der Waals surface area contributed by atoms with E-state index >= 15 is 0 Å². The SMILES string of the molecule is CCCC1(C(=O)O)CCCN1C(=O)NCCCCN(C)C. The summed E-state index contributed by atoms with van der Waals surface area (Å²) < 4.78 is 0. The molecule has 0 spiro atoms. The first-order valence-corrected chi connectivity index (χ1v) is 7.87. The molecular formula is C15H29N3O3. The van der Waals surface area contributed by atoms with E-state index in [1.54, 1.807) is 0 Å². The molecule has 21 heavy (non-hydrogen) atoms. The van der Waals surface area contributed by atoms with Gasteiger partial charge < -0.3 is 20.2 Å². The Morgan fingerprint density at radius 1 is 1.33 bits per heavy atom. The summed E-state index contributed by atoms with van der Waals surface area (Å²) in [6, 6.07) is -0.229. The first-order valence-electron chi connectivity index (χ1n) is 7.87. The minimum Gasteiger partial charge on any atom is -0.479 e. The summed E-state index contributed by atoms with van der Waals surface area (Å²) >= 11 is 0. The zero-order valence-electron chi connectivity index (χ0n) is 13.5. The van der Waals surface area contributed by atoms with Crippen LogP contribution in [0, 0.1) is 0 Å². The van der Waals surface area contributed by atoms with E-state index in [1.165, 1.54) is 4.90 Å². The number of hydrogen-bond acceptors (Lipinski definition) is 3. The van der Waals surface area contributed by atoms with Crippen LogP contribution in [0.1, 0.15) is 45.4 Å². The topological polar surface area (TPSA) is 72.9 Å². The Morgan fingerprint density at radius 3 is 2.62 bits per heavy atom. The van der Waals surface area contributed by atoms with Crippen molar-refractivity contribution in [1.29, 1.82) is 0 Å². The van der Waals surface area contributed by atoms with Crippen molar-refractivity contribution in [3.8, 4) is 0 Å². The Labute approximate surface area is 127 Å². The molecular weight excluding hydrogens is 270 g/mol. The predicted molar refractivity (Wildman–Crippen MR) is 82.4 cm³/mol. The summed E-state index contributed by atoms with van der Waals surface area (Å²) in [7, 11) is 4.05. The third-order valence-electron chi connectivity index (χ3n) is 4.10. The van der Waals surface area contributed by atoms with Crippen LogP contribution >= 0.6 is 0 Å². The number of rotatable bonds is 8. The van der Waals surface area contributed by atoms with Crippen LogP contribution in [0.3, 0.4) is 0 Å². The summed E-state index contributed by atoms with van der Waals surface area (Å²) in [5, 5.41) is 12.4. The first-order chi connectivity index (χ1) is 9.94. The Morgan fingerprint density at radius 2 is 2.05 bits per heavy atom. The standard InChI is InChI=1S/C15H29N3O3/c1-4-8-15(13(19)20)9-7-12-18(15)14(21)16-10-5-6-11-17(2)3/h4-12H2,1-3H3,(H,16,21)(H,19,20). The van der Waals surface area contributed by atoms with Crippen LogP contribution in [0.5, 0.6) is 0 Å². The lowest BCUT2D eigenvalue weighted by Crippen LogP contribution is -2.56. The molecule has 2 amide bonds. The lowest BCUT2D eigenvalue weighted by Gasteiger charge is -2.34. The Hall–Kier alpha value is -1.30. The maximum atomic E-state index is 12.3. The van der Waals surface area contributed by atoms with E-state index in [-0.39, 0.29) is 6.03 Å². The minimum absolute atomic E-state index is 0.229. The van der Waals surface area contributed by atoms with Crippen molar-refractivity contribution in [2.24, 2.45) is 0 Å². The van der Waals surface area contributed by atoms with Gasteiger partial charge in [-0.25, -0.2) is 9.59 Å². The second-order valence-corrected chi connectivity index (χ2v) is 6.08. The second kappa shape index (κ2) is 8.22. The van der Waals surface area contributed by atoms with Crippen molar-refractivity contribution in [1.82, 2.24) is 15.1 Å². The summed E-state index contributed by atoms with van der Waals surface area (Å²) in [4.78, 5) is 27.6. The fraction of sp³-hybridized carbons (Fsp3) is 0.867. The highest BCUT2D eigenvalue weighted by atomic mass is 16.4. The molecule has 2 N–H and O–H groups in total. The number of likely N-dealkylation sites (tertiary alicyclic amines) is 1. The van der Waals surface area contributed by atoms with Gasteiger partial charge in [0, 0.05) is 13.1 Å². The molecule has 1 fully saturated rings. The fourth-order valence-electron chi connectivity index (χ4n) is 3.02. The third-order valence-corrected chi connectivity index (χ3v) is 4.10. The molecule has 0 aromatic carbocycles. The lowest BCUT2D eigenvalue weighted by molar-refractivity contribution is -0.148. The van der Waals surface area contributed by atoms with E-state index in [0.717, 1.165) is 32.2 Å². The molecule has 1 rings (SSSR count). The molecule has 1 saturated heterocycles. The van der Waals surface area contributed by atoms with E-state index < -0.39 is 11.5 Å². The van der Waals surface area contributed by atoms with Crippen molar-refractivity contribution in [3.63, 3.8) is 0 Å². The number of hydrogen-bond donors (Lipinski definition) is 2. The quantitative estimate of drug-likeness (QED) is 0.670. The van der Waals surface area contributed by atoms with Crippen LogP contribution < -0.4 is 5.32 Å². The fourth-order valence-corrected chi connectivity index (χ4v) is 3.02. The van der Waals surface area contributed by atoms with Gasteiger partial charge in [0.2, 0.25) is 0 Å². The van der Waals surface area contributed by atoms with Crippen molar-refractivity contribution in [3.05, 3.63) is 0 Å². The van der Waals surface area contributed by atoms with Crippen molar-refractivity contribution >= 4 is 12.0 Å². The average molecular weight is 299 g/mol. The molecule has 0 saturated carbocycles. The van der Waals surface area contributed by atoms with Gasteiger partial charge in [-0.1, -0.05) is 13.3 Å². The minimum atomic E-state index is -0.998. The van der Waals surface area contributed by atoms with Crippen molar-refractivity contribution in [2.45, 2.75) is 51.0 Å². The van der Waals surface area contributed by atoms with Crippen LogP contribution in [-0.4, -0.2) is 66.2 Å². The first kappa shape index (κ1) is 17.8. The second-order valence-electron chi connectivity index (χ2n) is 6.08. The molecule has 0 aromatic rings. The number of carboxylic acid groups (broad SMARTS) is 1. The van der Waals surface area contributed by atoms with Gasteiger partial charge in [-0.15, -0.1) is 0 Å². The van der Waals surface area contributed by atoms with Gasteiger partial charge in [0.25, 0.3) is 0 Å². The highest BCUT2D eigenvalue weighted by Gasteiger charge is 2.49. The molecule has 1 heterocycles. The Kier molecular flexibility index (Phi) is 6.95. The summed E-state index contributed by atoms with van der Waals surface area (Å²) in [6.07, 6.45) is 4.54. The molecule has 0 radical (unpaired) electrons. The van der Waals surface area contributed by atoms with E-state index in [1.807, 2.05) is 21.0 Å². The smallest absolute Gasteiger partial charge is 0.329 e. The summed E-state index contributed by atoms with van der Waals surface area (Å²) in [5.74, 6) is -0.871. The molecule has 0 aliphatic carbocycles. The van der Waals surface area contributed by atoms with Gasteiger partial charge in [-0.2, -0.15) is 0 Å². The van der Waals surface area contributed by atoms with Gasteiger partial charge in [-0.3, -0.25) is 0 Å². The molecule has 6 heteroatoms. The summed E-state index contributed by atoms with van der Waals surface area (Å²) in [5.41, 5.74) is -0.998. The number of nitrogens with one attached hydrogen (secondary N) is 1. The Bertz CT molecular complexity index is 360. The van der Waals surface area contributed by atoms with Crippen LogP contribution in [0.4, 0.5) is 4.79 Å². The zero-order chi connectivity index (χ0) is 15.9. The van der Waals surface area contributed by atoms with Crippen LogP contribution in [0.15, 0.2) is 0 Å². The normalized spacial score (nSPS) is 21.8. The van der Waals surface area contributed by atoms with E-state index in [2.05, 4.69) is 10.2 Å². The third kappa shape index (κ3) is 4.59. The van der Waals surface area contributed by atoms with Crippen LogP contribution in [-0.2, 0) is 4.79 Å². The van der Waals surface area contributed by atoms with Gasteiger partial charge in [-0.05, 0) is 52.7 Å². The number of carboxylic acids is 1. The number of unbranched alkanes of at least 4 members (excludes halogenated alkanes) is 1. The van der Waals surface area contributed by atoms with E-state index in [9.17, 15) is 14.7 Å². The van der Waals surface area contributed by atoms with Crippen LogP contribution in [0.25, 0.3) is 0 Å². The number of urea groups is 1. The van der Waals surface area contributed by atoms with Gasteiger partial charge in [0.1, 0.15) is 5.54 Å². The average Bonchev–Trinajstić information content (AvgIpc) is 2.83. The highest BCUT2D eigenvalue weighted by Crippen LogP contribution is 2.33. The van der Waals surface area contributed by atoms with Crippen LogP contribution in [0.2, 0.25) is 0 Å². The zero-order valence-corrected chi connectivity index (χ0v) is 13.5. The van der Waals surface area contributed by atoms with E-state index in [0.29, 0.717) is 25.9 Å². The lowest BCUT2D eigenvalue weighted by atomic mass is 9.91. The Balaban J connectivity index is 2.50. The van der Waals surface area contributed by atoms with Gasteiger partial charge >= 0.3 is 12.0 Å². The molecule has 0 bridgehead atoms. The summed E-state index contributed by atoms with van der Waals surface area (Å²) in [6.45, 7) is 4.09. The monoisotopic (exact) mass is 299 g/mol. The largest absolute Gasteiger partial charge is 0.479 e. The van der Waals surface area contributed by atoms with Crippen molar-refractivity contribution in [2.75, 3.05) is 33.7 Å². The molecule has 1 aliphatic rings. The molecule has 0 aromatic heterocycles. The van der Waals surface area contributed by atoms with Gasteiger partial charge in [0.15, 0.2) is 0 Å². The molecule has 122 valence electrons. The number of amides is 2. The highest BCUT2D eigenvalue weighted by molar-refractivity contribution is 5.87. The predicted octanol–water partition coefficient (Wildman–Crippen LogP) is 1.76. The number of carbonyl (C=O) groups excluding carboxylic acids is 1.